The Morgan fingerprint density at radius 2 is 1.75 bits per heavy atom. The summed E-state index contributed by atoms with van der Waals surface area (Å²) < 4.78 is 8.05. The summed E-state index contributed by atoms with van der Waals surface area (Å²) in [5.74, 6) is -0.159. The maximum Gasteiger partial charge on any atom is 0.335 e. The quantitative estimate of drug-likeness (QED) is 0.513. The molecule has 5 heteroatoms. The highest BCUT2D eigenvalue weighted by atomic mass is 16.5. The van der Waals surface area contributed by atoms with Gasteiger partial charge in [0.2, 0.25) is 0 Å². The Morgan fingerprint density at radius 3 is 2.38 bits per heavy atom. The van der Waals surface area contributed by atoms with E-state index >= 15 is 0 Å². The molecule has 4 rings (SSSR count). The smallest absolute Gasteiger partial charge is 0.335 e. The van der Waals surface area contributed by atoms with Gasteiger partial charge in [0.25, 0.3) is 0 Å². The monoisotopic (exact) mass is 432 g/mol. The summed E-state index contributed by atoms with van der Waals surface area (Å²) in [7, 11) is 0. The molecule has 2 aromatic carbocycles. The van der Waals surface area contributed by atoms with Gasteiger partial charge in [-0.2, -0.15) is 5.10 Å². The van der Waals surface area contributed by atoms with E-state index in [9.17, 15) is 4.79 Å². The number of fused-ring (bicyclic) bond motifs is 1. The second-order valence-corrected chi connectivity index (χ2v) is 10.1. The van der Waals surface area contributed by atoms with E-state index in [1.165, 1.54) is 29.5 Å². The summed E-state index contributed by atoms with van der Waals surface area (Å²) in [4.78, 5) is 11.1. The van der Waals surface area contributed by atoms with Crippen LogP contribution in [0.2, 0.25) is 0 Å². The molecule has 0 amide bonds. The van der Waals surface area contributed by atoms with Crippen LogP contribution in [0.25, 0.3) is 0 Å². The van der Waals surface area contributed by atoms with Crippen LogP contribution in [0.15, 0.2) is 60.9 Å². The van der Waals surface area contributed by atoms with Gasteiger partial charge >= 0.3 is 5.97 Å². The summed E-state index contributed by atoms with van der Waals surface area (Å²) in [6, 6.07) is 15.4. The minimum Gasteiger partial charge on any atom is -0.493 e. The van der Waals surface area contributed by atoms with Crippen molar-refractivity contribution in [1.29, 1.82) is 0 Å². The van der Waals surface area contributed by atoms with E-state index in [4.69, 9.17) is 9.84 Å². The molecule has 0 aliphatic heterocycles. The van der Waals surface area contributed by atoms with Crippen molar-refractivity contribution < 1.29 is 14.6 Å². The summed E-state index contributed by atoms with van der Waals surface area (Å²) >= 11 is 0. The number of aromatic carboxylic acids is 1. The molecule has 1 unspecified atom stereocenters. The molecule has 0 radical (unpaired) electrons. The first kappa shape index (κ1) is 22.1. The maximum absolute atomic E-state index is 11.1. The molecule has 1 aromatic heterocycles. The Morgan fingerprint density at radius 1 is 1.06 bits per heavy atom. The number of aromatic nitrogens is 2. The minimum absolute atomic E-state index is 0.111. The molecular formula is C27H32N2O3. The van der Waals surface area contributed by atoms with Gasteiger partial charge in [0.15, 0.2) is 0 Å². The van der Waals surface area contributed by atoms with Gasteiger partial charge in [-0.15, -0.1) is 0 Å². The predicted molar refractivity (Wildman–Crippen MR) is 126 cm³/mol. The highest BCUT2D eigenvalue weighted by molar-refractivity contribution is 5.87. The summed E-state index contributed by atoms with van der Waals surface area (Å²) in [5.41, 5.74) is 4.70. The van der Waals surface area contributed by atoms with E-state index in [0.29, 0.717) is 18.9 Å². The van der Waals surface area contributed by atoms with Gasteiger partial charge in [0.05, 0.1) is 18.7 Å². The normalized spacial score (nSPS) is 17.4. The van der Waals surface area contributed by atoms with E-state index in [0.717, 1.165) is 0 Å². The number of carbonyl (C=O) groups is 1. The number of nitrogens with zero attached hydrogens (tertiary/aromatic N) is 2. The largest absolute Gasteiger partial charge is 0.493 e. The van der Waals surface area contributed by atoms with Crippen LogP contribution >= 0.6 is 0 Å². The van der Waals surface area contributed by atoms with Gasteiger partial charge in [-0.3, -0.25) is 4.68 Å². The first-order valence-electron chi connectivity index (χ1n) is 11.2. The van der Waals surface area contributed by atoms with Crippen LogP contribution in [0, 0.1) is 0 Å². The van der Waals surface area contributed by atoms with Crippen molar-refractivity contribution in [3.05, 3.63) is 83.2 Å². The number of benzene rings is 2. The Labute approximate surface area is 190 Å². The van der Waals surface area contributed by atoms with Crippen molar-refractivity contribution in [3.63, 3.8) is 0 Å². The Bertz CT molecular complexity index is 1080. The molecule has 32 heavy (non-hydrogen) atoms. The first-order chi connectivity index (χ1) is 15.2. The van der Waals surface area contributed by atoms with Gasteiger partial charge in [0, 0.05) is 18.3 Å². The second-order valence-electron chi connectivity index (χ2n) is 10.1. The Balaban J connectivity index is 1.62. The number of hydrogen-bond donors (Lipinski definition) is 1. The fourth-order valence-corrected chi connectivity index (χ4v) is 4.64. The number of hydrogen-bond acceptors (Lipinski definition) is 3. The van der Waals surface area contributed by atoms with Crippen molar-refractivity contribution in [3.8, 4) is 5.75 Å². The lowest BCUT2D eigenvalue weighted by molar-refractivity contribution is 0.0697. The standard InChI is InChI=1S/C27H32N2O3/c1-26(2)12-13-27(3,4)24-16-20(8-11-23(24)26)21(17-29-15-5-14-28-29)18-32-22-9-6-19(7-10-22)25(30)31/h5-11,14-16,21H,12-13,17-18H2,1-4H3,(H,30,31). The molecule has 5 nitrogen and oxygen atoms in total. The number of carboxylic acid groups (broad SMARTS) is 1. The first-order valence-corrected chi connectivity index (χ1v) is 11.2. The van der Waals surface area contributed by atoms with Crippen LogP contribution in [-0.4, -0.2) is 27.5 Å². The lowest BCUT2D eigenvalue weighted by atomic mass is 9.62. The molecule has 1 N–H and O–H groups in total. The lowest BCUT2D eigenvalue weighted by Crippen LogP contribution is -2.34. The lowest BCUT2D eigenvalue weighted by Gasteiger charge is -2.42. The molecule has 0 saturated heterocycles. The topological polar surface area (TPSA) is 64.3 Å². The number of carboxylic acids is 1. The highest BCUT2D eigenvalue weighted by Gasteiger charge is 2.37. The SMILES string of the molecule is CC1(C)CCC(C)(C)c2cc(C(COc3ccc(C(=O)O)cc3)Cn3cccn3)ccc21. The second kappa shape index (κ2) is 8.45. The fourth-order valence-electron chi connectivity index (χ4n) is 4.64. The van der Waals surface area contributed by atoms with Crippen LogP contribution in [0.1, 0.15) is 73.5 Å². The zero-order valence-corrected chi connectivity index (χ0v) is 19.3. The Hall–Kier alpha value is -3.08. The van der Waals surface area contributed by atoms with Gasteiger partial charge < -0.3 is 9.84 Å². The van der Waals surface area contributed by atoms with E-state index in [1.807, 2.05) is 16.9 Å². The summed E-state index contributed by atoms with van der Waals surface area (Å²) in [6.07, 6.45) is 6.13. The zero-order valence-electron chi connectivity index (χ0n) is 19.3. The van der Waals surface area contributed by atoms with E-state index in [1.54, 1.807) is 30.5 Å². The fraction of sp³-hybridized carbons (Fsp3) is 0.407. The van der Waals surface area contributed by atoms with Crippen LogP contribution in [0.5, 0.6) is 5.75 Å². The summed E-state index contributed by atoms with van der Waals surface area (Å²) in [5, 5.41) is 13.5. The van der Waals surface area contributed by atoms with Crippen molar-refractivity contribution >= 4 is 5.97 Å². The third-order valence-electron chi connectivity index (χ3n) is 6.87. The van der Waals surface area contributed by atoms with Crippen LogP contribution in [0.4, 0.5) is 0 Å². The molecule has 1 heterocycles. The molecule has 0 spiro atoms. The molecule has 0 fully saturated rings. The number of ether oxygens (including phenoxy) is 1. The molecule has 0 bridgehead atoms. The van der Waals surface area contributed by atoms with Crippen molar-refractivity contribution in [2.75, 3.05) is 6.61 Å². The van der Waals surface area contributed by atoms with Gasteiger partial charge in [0.1, 0.15) is 5.75 Å². The average Bonchev–Trinajstić information content (AvgIpc) is 3.28. The molecule has 0 saturated carbocycles. The van der Waals surface area contributed by atoms with Crippen LogP contribution in [0.3, 0.4) is 0 Å². The number of rotatable bonds is 7. The predicted octanol–water partition coefficient (Wildman–Crippen LogP) is 5.79. The average molecular weight is 433 g/mol. The summed E-state index contributed by atoms with van der Waals surface area (Å²) in [6.45, 7) is 10.6. The third-order valence-corrected chi connectivity index (χ3v) is 6.87. The zero-order chi connectivity index (χ0) is 22.9. The third kappa shape index (κ3) is 4.57. The highest BCUT2D eigenvalue weighted by Crippen LogP contribution is 2.46. The molecule has 168 valence electrons. The van der Waals surface area contributed by atoms with Crippen molar-refractivity contribution in [2.24, 2.45) is 0 Å². The van der Waals surface area contributed by atoms with Gasteiger partial charge in [-0.25, -0.2) is 4.79 Å². The molecule has 1 aliphatic rings. The molecule has 1 aliphatic carbocycles. The van der Waals surface area contributed by atoms with Crippen LogP contribution < -0.4 is 4.74 Å². The van der Waals surface area contributed by atoms with Gasteiger partial charge in [-0.05, 0) is 70.7 Å². The van der Waals surface area contributed by atoms with Crippen molar-refractivity contribution in [2.45, 2.75) is 63.8 Å². The van der Waals surface area contributed by atoms with Crippen LogP contribution in [-0.2, 0) is 17.4 Å². The van der Waals surface area contributed by atoms with Gasteiger partial charge in [-0.1, -0.05) is 45.9 Å². The Kier molecular flexibility index (Phi) is 5.85. The minimum atomic E-state index is -0.937. The molecular weight excluding hydrogens is 400 g/mol. The molecule has 3 aromatic rings. The van der Waals surface area contributed by atoms with E-state index in [-0.39, 0.29) is 22.3 Å². The maximum atomic E-state index is 11.1. The van der Waals surface area contributed by atoms with Crippen molar-refractivity contribution in [1.82, 2.24) is 9.78 Å². The van der Waals surface area contributed by atoms with E-state index < -0.39 is 5.97 Å². The van der Waals surface area contributed by atoms with E-state index in [2.05, 4.69) is 51.0 Å². The molecule has 1 atom stereocenters.